The summed E-state index contributed by atoms with van der Waals surface area (Å²) in [7, 11) is 3.17. The average Bonchev–Trinajstić information content (AvgIpc) is 3.27. The van der Waals surface area contributed by atoms with Crippen LogP contribution in [0.15, 0.2) is 60.7 Å². The number of hydrogen-bond donors (Lipinski definition) is 3. The number of methoxy groups -OCH3 is 2. The van der Waals surface area contributed by atoms with Crippen LogP contribution >= 0.6 is 11.6 Å². The number of amides is 4. The summed E-state index contributed by atoms with van der Waals surface area (Å²) >= 11 is 6.12. The molecule has 1 aliphatic rings. The maximum Gasteiger partial charge on any atom is 0.317 e. The molecule has 1 heterocycles. The molecule has 1 aliphatic heterocycles. The second kappa shape index (κ2) is 15.2. The zero-order valence-electron chi connectivity index (χ0n) is 24.7. The lowest BCUT2D eigenvalue weighted by Gasteiger charge is -2.26. The van der Waals surface area contributed by atoms with E-state index >= 15 is 0 Å². The van der Waals surface area contributed by atoms with Crippen LogP contribution in [0.25, 0.3) is 0 Å². The van der Waals surface area contributed by atoms with Gasteiger partial charge in [-0.25, -0.2) is 4.79 Å². The van der Waals surface area contributed by atoms with Crippen molar-refractivity contribution in [2.75, 3.05) is 63.7 Å². The van der Waals surface area contributed by atoms with E-state index in [0.29, 0.717) is 79.0 Å². The fourth-order valence-corrected chi connectivity index (χ4v) is 5.15. The number of halogens is 1. The zero-order valence-corrected chi connectivity index (χ0v) is 25.5. The first-order valence-corrected chi connectivity index (χ1v) is 14.7. The van der Waals surface area contributed by atoms with Gasteiger partial charge in [-0.3, -0.25) is 9.59 Å². The van der Waals surface area contributed by atoms with Gasteiger partial charge in [-0.2, -0.15) is 0 Å². The molecule has 10 nitrogen and oxygen atoms in total. The Morgan fingerprint density at radius 1 is 0.837 bits per heavy atom. The van der Waals surface area contributed by atoms with E-state index in [-0.39, 0.29) is 17.8 Å². The number of nitrogens with zero attached hydrogens (tertiary/aromatic N) is 2. The van der Waals surface area contributed by atoms with E-state index in [1.54, 1.807) is 55.5 Å². The Bertz CT molecular complexity index is 1450. The minimum Gasteiger partial charge on any atom is -0.493 e. The molecular formula is C32H38ClN5O5. The summed E-state index contributed by atoms with van der Waals surface area (Å²) in [6.45, 7) is 5.29. The lowest BCUT2D eigenvalue weighted by Crippen LogP contribution is -2.42. The summed E-state index contributed by atoms with van der Waals surface area (Å²) < 4.78 is 10.7. The van der Waals surface area contributed by atoms with Crippen molar-refractivity contribution in [2.24, 2.45) is 0 Å². The Labute approximate surface area is 257 Å². The van der Waals surface area contributed by atoms with Gasteiger partial charge in [-0.1, -0.05) is 23.7 Å². The predicted molar refractivity (Wildman–Crippen MR) is 169 cm³/mol. The van der Waals surface area contributed by atoms with E-state index < -0.39 is 0 Å². The maximum absolute atomic E-state index is 13.2. The number of urea groups is 1. The van der Waals surface area contributed by atoms with Crippen molar-refractivity contribution in [1.29, 1.82) is 0 Å². The van der Waals surface area contributed by atoms with E-state index in [4.69, 9.17) is 21.1 Å². The zero-order chi connectivity index (χ0) is 30.8. The van der Waals surface area contributed by atoms with Gasteiger partial charge in [0.25, 0.3) is 11.8 Å². The Hall–Kier alpha value is -4.44. The number of carbonyl (C=O) groups excluding carboxylic acids is 3. The minimum atomic E-state index is -0.339. The maximum atomic E-state index is 13.2. The highest BCUT2D eigenvalue weighted by Crippen LogP contribution is 2.30. The van der Waals surface area contributed by atoms with Crippen LogP contribution in [0.3, 0.4) is 0 Å². The van der Waals surface area contributed by atoms with Crippen molar-refractivity contribution in [3.05, 3.63) is 82.4 Å². The number of anilines is 2. The van der Waals surface area contributed by atoms with Crippen molar-refractivity contribution >= 4 is 40.8 Å². The molecule has 1 fully saturated rings. The Kier molecular flexibility index (Phi) is 11.1. The van der Waals surface area contributed by atoms with Gasteiger partial charge in [0.15, 0.2) is 11.5 Å². The van der Waals surface area contributed by atoms with Gasteiger partial charge in [-0.05, 0) is 73.9 Å². The molecule has 0 saturated carbocycles. The Morgan fingerprint density at radius 2 is 1.63 bits per heavy atom. The van der Waals surface area contributed by atoms with Crippen molar-refractivity contribution in [2.45, 2.75) is 19.8 Å². The number of nitrogens with one attached hydrogen (secondary N) is 3. The minimum absolute atomic E-state index is 0.0843. The molecule has 0 radical (unpaired) electrons. The first-order chi connectivity index (χ1) is 20.8. The summed E-state index contributed by atoms with van der Waals surface area (Å²) in [6.07, 6.45) is 1.36. The number of carbonyl (C=O) groups is 3. The molecule has 0 aliphatic carbocycles. The number of benzene rings is 3. The summed E-state index contributed by atoms with van der Waals surface area (Å²) in [5.41, 5.74) is 3.09. The lowest BCUT2D eigenvalue weighted by molar-refractivity contribution is 0.0952. The third-order valence-corrected chi connectivity index (χ3v) is 7.43. The molecule has 43 heavy (non-hydrogen) atoms. The molecule has 4 amide bonds. The summed E-state index contributed by atoms with van der Waals surface area (Å²) in [5.74, 6) is 0.672. The van der Waals surface area contributed by atoms with Gasteiger partial charge in [0.1, 0.15) is 0 Å². The number of ether oxygens (including phenoxy) is 2. The van der Waals surface area contributed by atoms with E-state index in [0.717, 1.165) is 17.7 Å². The molecule has 3 N–H and O–H groups in total. The summed E-state index contributed by atoms with van der Waals surface area (Å²) in [6, 6.07) is 17.5. The number of hydrogen-bond acceptors (Lipinski definition) is 6. The first kappa shape index (κ1) is 31.5. The molecule has 0 bridgehead atoms. The fraction of sp³-hybridized carbons (Fsp3) is 0.344. The molecule has 3 aromatic carbocycles. The van der Waals surface area contributed by atoms with Crippen molar-refractivity contribution in [3.63, 3.8) is 0 Å². The average molecular weight is 608 g/mol. The first-order valence-electron chi connectivity index (χ1n) is 14.3. The lowest BCUT2D eigenvalue weighted by atomic mass is 10.1. The Balaban J connectivity index is 1.51. The van der Waals surface area contributed by atoms with Gasteiger partial charge in [-0.15, -0.1) is 0 Å². The van der Waals surface area contributed by atoms with Crippen molar-refractivity contribution in [1.82, 2.24) is 15.5 Å². The monoisotopic (exact) mass is 607 g/mol. The second-order valence-corrected chi connectivity index (χ2v) is 10.5. The van der Waals surface area contributed by atoms with E-state index in [1.165, 1.54) is 0 Å². The predicted octanol–water partition coefficient (Wildman–Crippen LogP) is 4.82. The van der Waals surface area contributed by atoms with Crippen LogP contribution in [0.1, 0.15) is 39.6 Å². The second-order valence-electron chi connectivity index (χ2n) is 10.1. The molecule has 0 unspecified atom stereocenters. The Morgan fingerprint density at radius 3 is 2.37 bits per heavy atom. The fourth-order valence-electron chi connectivity index (χ4n) is 4.96. The molecule has 11 heteroatoms. The van der Waals surface area contributed by atoms with Gasteiger partial charge in [0.05, 0.1) is 25.6 Å². The normalized spacial score (nSPS) is 13.1. The van der Waals surface area contributed by atoms with Crippen molar-refractivity contribution < 1.29 is 23.9 Å². The highest BCUT2D eigenvalue weighted by Gasteiger charge is 2.22. The molecule has 4 rings (SSSR count). The third-order valence-electron chi connectivity index (χ3n) is 7.19. The highest BCUT2D eigenvalue weighted by atomic mass is 35.5. The summed E-state index contributed by atoms with van der Waals surface area (Å²) in [4.78, 5) is 42.8. The van der Waals surface area contributed by atoms with Crippen LogP contribution in [-0.2, 0) is 6.42 Å². The van der Waals surface area contributed by atoms with Gasteiger partial charge in [0, 0.05) is 55.4 Å². The van der Waals surface area contributed by atoms with Crippen molar-refractivity contribution in [3.8, 4) is 11.5 Å². The molecule has 0 aromatic heterocycles. The van der Waals surface area contributed by atoms with E-state index in [1.807, 2.05) is 31.2 Å². The van der Waals surface area contributed by atoms with Crippen LogP contribution in [0.5, 0.6) is 11.5 Å². The molecule has 0 spiro atoms. The largest absolute Gasteiger partial charge is 0.493 e. The molecule has 1 saturated heterocycles. The molecule has 228 valence electrons. The van der Waals surface area contributed by atoms with Crippen LogP contribution < -0.4 is 30.3 Å². The standard InChI is InChI=1S/C32H38ClN5O5/c1-4-34-32(41)38-16-6-15-37(17-18-38)27-11-10-24(21-26(27)36-31(40)23-7-5-8-25(33)20-23)30(39)35-14-13-22-9-12-28(42-2)29(19-22)43-3/h5,7-12,19-21H,4,6,13-18H2,1-3H3,(H,34,41)(H,35,39)(H,36,40). The van der Waals surface area contributed by atoms with Crippen LogP contribution in [0.4, 0.5) is 16.2 Å². The van der Waals surface area contributed by atoms with Crippen LogP contribution in [-0.4, -0.2) is 76.2 Å². The van der Waals surface area contributed by atoms with Crippen LogP contribution in [0.2, 0.25) is 5.02 Å². The highest BCUT2D eigenvalue weighted by molar-refractivity contribution is 6.31. The summed E-state index contributed by atoms with van der Waals surface area (Å²) in [5, 5.41) is 9.27. The third kappa shape index (κ3) is 8.32. The molecular weight excluding hydrogens is 570 g/mol. The van der Waals surface area contributed by atoms with Gasteiger partial charge >= 0.3 is 6.03 Å². The number of rotatable bonds is 10. The smallest absolute Gasteiger partial charge is 0.317 e. The van der Waals surface area contributed by atoms with Gasteiger partial charge in [0.2, 0.25) is 0 Å². The topological polar surface area (TPSA) is 112 Å². The molecule has 0 atom stereocenters. The SMILES string of the molecule is CCNC(=O)N1CCCN(c2ccc(C(=O)NCCc3ccc(OC)c(OC)c3)cc2NC(=O)c2cccc(Cl)c2)CC1. The van der Waals surface area contributed by atoms with E-state index in [9.17, 15) is 14.4 Å². The van der Waals surface area contributed by atoms with E-state index in [2.05, 4.69) is 20.9 Å². The van der Waals surface area contributed by atoms with Crippen LogP contribution in [0, 0.1) is 0 Å². The molecule has 3 aromatic rings. The van der Waals surface area contributed by atoms with Gasteiger partial charge < -0.3 is 35.2 Å². The quantitative estimate of drug-likeness (QED) is 0.305.